The molecule has 0 amide bonds. The number of ether oxygens (including phenoxy) is 3. The van der Waals surface area contributed by atoms with E-state index in [1.807, 2.05) is 0 Å². The second-order valence-electron chi connectivity index (χ2n) is 3.41. The molecule has 0 radical (unpaired) electrons. The minimum absolute atomic E-state index is 0.0655. The fourth-order valence-corrected chi connectivity index (χ4v) is 1.59. The molecule has 0 fully saturated rings. The van der Waals surface area contributed by atoms with Gasteiger partial charge in [0, 0.05) is 12.5 Å². The molecule has 1 aromatic carbocycles. The molecule has 2 rings (SSSR count). The lowest BCUT2D eigenvalue weighted by Gasteiger charge is -2.08. The quantitative estimate of drug-likeness (QED) is 0.838. The summed E-state index contributed by atoms with van der Waals surface area (Å²) in [5, 5.41) is 8.64. The lowest BCUT2D eigenvalue weighted by Crippen LogP contribution is -1.99. The Morgan fingerprint density at radius 3 is 2.75 bits per heavy atom. The molecular weight excluding hydrogens is 212 g/mol. The number of methoxy groups -OCH3 is 1. The van der Waals surface area contributed by atoms with Crippen molar-refractivity contribution in [2.75, 3.05) is 13.9 Å². The molecule has 0 saturated heterocycles. The first kappa shape index (κ1) is 10.6. The van der Waals surface area contributed by atoms with E-state index in [9.17, 15) is 4.79 Å². The molecule has 1 heterocycles. The average molecular weight is 224 g/mol. The van der Waals surface area contributed by atoms with E-state index in [4.69, 9.17) is 19.3 Å². The molecule has 1 aliphatic heterocycles. The molecule has 5 heteroatoms. The van der Waals surface area contributed by atoms with Crippen molar-refractivity contribution in [1.82, 2.24) is 0 Å². The van der Waals surface area contributed by atoms with Crippen LogP contribution in [0.3, 0.4) is 0 Å². The standard InChI is InChI=1S/C11H12O5/c1-14-8-5-10-9(15-6-16-10)4-7(8)2-3-11(12)13/h4-5H,2-3,6H2,1H3,(H,12,13). The number of carbonyl (C=O) groups is 1. The predicted molar refractivity (Wildman–Crippen MR) is 55.1 cm³/mol. The Morgan fingerprint density at radius 1 is 1.44 bits per heavy atom. The van der Waals surface area contributed by atoms with E-state index in [0.29, 0.717) is 23.7 Å². The third-order valence-corrected chi connectivity index (χ3v) is 2.38. The molecule has 5 nitrogen and oxygen atoms in total. The van der Waals surface area contributed by atoms with Crippen LogP contribution in [0.4, 0.5) is 0 Å². The van der Waals surface area contributed by atoms with E-state index in [2.05, 4.69) is 0 Å². The summed E-state index contributed by atoms with van der Waals surface area (Å²) in [6.07, 6.45) is 0.477. The first-order valence-corrected chi connectivity index (χ1v) is 4.89. The van der Waals surface area contributed by atoms with Crippen molar-refractivity contribution in [2.24, 2.45) is 0 Å². The average Bonchev–Trinajstić information content (AvgIpc) is 2.71. The van der Waals surface area contributed by atoms with Crippen LogP contribution in [-0.4, -0.2) is 25.0 Å². The van der Waals surface area contributed by atoms with Gasteiger partial charge in [-0.25, -0.2) is 0 Å². The molecule has 0 aromatic heterocycles. The molecule has 0 unspecified atom stereocenters. The van der Waals surface area contributed by atoms with Crippen molar-refractivity contribution in [3.05, 3.63) is 17.7 Å². The Morgan fingerprint density at radius 2 is 2.12 bits per heavy atom. The van der Waals surface area contributed by atoms with E-state index < -0.39 is 5.97 Å². The van der Waals surface area contributed by atoms with Crippen LogP contribution in [-0.2, 0) is 11.2 Å². The van der Waals surface area contributed by atoms with Gasteiger partial charge in [0.05, 0.1) is 7.11 Å². The second kappa shape index (κ2) is 4.30. The van der Waals surface area contributed by atoms with Crippen molar-refractivity contribution in [1.29, 1.82) is 0 Å². The predicted octanol–water partition coefficient (Wildman–Crippen LogP) is 1.44. The molecule has 16 heavy (non-hydrogen) atoms. The van der Waals surface area contributed by atoms with Crippen LogP contribution in [0.15, 0.2) is 12.1 Å². The highest BCUT2D eigenvalue weighted by atomic mass is 16.7. The SMILES string of the molecule is COc1cc2c(cc1CCC(=O)O)OCO2. The first-order valence-electron chi connectivity index (χ1n) is 4.89. The van der Waals surface area contributed by atoms with Crippen molar-refractivity contribution >= 4 is 5.97 Å². The molecule has 0 bridgehead atoms. The van der Waals surface area contributed by atoms with Gasteiger partial charge in [-0.05, 0) is 18.1 Å². The summed E-state index contributed by atoms with van der Waals surface area (Å²) in [6.45, 7) is 0.195. The number of fused-ring (bicyclic) bond motifs is 1. The van der Waals surface area contributed by atoms with Gasteiger partial charge in [0.25, 0.3) is 0 Å². The minimum Gasteiger partial charge on any atom is -0.496 e. The molecular formula is C11H12O5. The number of aryl methyl sites for hydroxylation is 1. The minimum atomic E-state index is -0.834. The normalized spacial score (nSPS) is 12.6. The highest BCUT2D eigenvalue weighted by Crippen LogP contribution is 2.38. The highest BCUT2D eigenvalue weighted by Gasteiger charge is 2.17. The lowest BCUT2D eigenvalue weighted by molar-refractivity contribution is -0.136. The van der Waals surface area contributed by atoms with Crippen LogP contribution in [0.1, 0.15) is 12.0 Å². The molecule has 1 aliphatic rings. The van der Waals surface area contributed by atoms with E-state index in [1.165, 1.54) is 0 Å². The van der Waals surface area contributed by atoms with Crippen LogP contribution in [0, 0.1) is 0 Å². The van der Waals surface area contributed by atoms with Crippen molar-refractivity contribution in [2.45, 2.75) is 12.8 Å². The first-order chi connectivity index (χ1) is 7.70. The van der Waals surface area contributed by atoms with Gasteiger partial charge >= 0.3 is 5.97 Å². The summed E-state index contributed by atoms with van der Waals surface area (Å²) < 4.78 is 15.6. The third-order valence-electron chi connectivity index (χ3n) is 2.38. The molecule has 0 spiro atoms. The monoisotopic (exact) mass is 224 g/mol. The van der Waals surface area contributed by atoms with Crippen molar-refractivity contribution in [3.63, 3.8) is 0 Å². The summed E-state index contributed by atoms with van der Waals surface area (Å²) in [4.78, 5) is 10.5. The molecule has 0 atom stereocenters. The van der Waals surface area contributed by atoms with Gasteiger partial charge in [0.1, 0.15) is 5.75 Å². The fourth-order valence-electron chi connectivity index (χ4n) is 1.59. The second-order valence-corrected chi connectivity index (χ2v) is 3.41. The molecule has 1 N–H and O–H groups in total. The van der Waals surface area contributed by atoms with Crippen molar-refractivity contribution < 1.29 is 24.1 Å². The lowest BCUT2D eigenvalue weighted by atomic mass is 10.1. The van der Waals surface area contributed by atoms with E-state index >= 15 is 0 Å². The topological polar surface area (TPSA) is 65.0 Å². The van der Waals surface area contributed by atoms with Gasteiger partial charge in [-0.15, -0.1) is 0 Å². The number of benzene rings is 1. The number of carboxylic acids is 1. The maximum absolute atomic E-state index is 10.5. The van der Waals surface area contributed by atoms with E-state index in [-0.39, 0.29) is 13.2 Å². The third kappa shape index (κ3) is 2.03. The van der Waals surface area contributed by atoms with Gasteiger partial charge in [-0.2, -0.15) is 0 Å². The zero-order valence-corrected chi connectivity index (χ0v) is 8.86. The number of carboxylic acid groups (broad SMARTS) is 1. The van der Waals surface area contributed by atoms with Crippen LogP contribution in [0.25, 0.3) is 0 Å². The van der Waals surface area contributed by atoms with Crippen LogP contribution in [0.5, 0.6) is 17.2 Å². The maximum atomic E-state index is 10.5. The maximum Gasteiger partial charge on any atom is 0.303 e. The molecule has 86 valence electrons. The van der Waals surface area contributed by atoms with Gasteiger partial charge in [-0.3, -0.25) is 4.79 Å². The van der Waals surface area contributed by atoms with Crippen molar-refractivity contribution in [3.8, 4) is 17.2 Å². The van der Waals surface area contributed by atoms with E-state index in [0.717, 1.165) is 5.56 Å². The largest absolute Gasteiger partial charge is 0.496 e. The van der Waals surface area contributed by atoms with Gasteiger partial charge in [-0.1, -0.05) is 0 Å². The van der Waals surface area contributed by atoms with E-state index in [1.54, 1.807) is 19.2 Å². The Kier molecular flexibility index (Phi) is 2.85. The van der Waals surface area contributed by atoms with Crippen LogP contribution in [0.2, 0.25) is 0 Å². The number of hydrogen-bond acceptors (Lipinski definition) is 4. The summed E-state index contributed by atoms with van der Waals surface area (Å²) in [6, 6.07) is 3.49. The molecule has 1 aromatic rings. The van der Waals surface area contributed by atoms with Crippen LogP contribution >= 0.6 is 0 Å². The van der Waals surface area contributed by atoms with Gasteiger partial charge in [0.2, 0.25) is 6.79 Å². The Labute approximate surface area is 92.5 Å². The Balaban J connectivity index is 2.25. The number of hydrogen-bond donors (Lipinski definition) is 1. The molecule has 0 aliphatic carbocycles. The zero-order chi connectivity index (χ0) is 11.5. The molecule has 0 saturated carbocycles. The van der Waals surface area contributed by atoms with Crippen LogP contribution < -0.4 is 14.2 Å². The smallest absolute Gasteiger partial charge is 0.303 e. The number of aliphatic carboxylic acids is 1. The zero-order valence-electron chi connectivity index (χ0n) is 8.86. The van der Waals surface area contributed by atoms with Gasteiger partial charge in [0.15, 0.2) is 11.5 Å². The Bertz CT molecular complexity index is 413. The fraction of sp³-hybridized carbons (Fsp3) is 0.364. The van der Waals surface area contributed by atoms with Gasteiger partial charge < -0.3 is 19.3 Å². The Hall–Kier alpha value is -1.91. The highest BCUT2D eigenvalue weighted by molar-refractivity contribution is 5.67. The number of rotatable bonds is 4. The summed E-state index contributed by atoms with van der Waals surface area (Å²) in [7, 11) is 1.54. The summed E-state index contributed by atoms with van der Waals surface area (Å²) >= 11 is 0. The summed E-state index contributed by atoms with van der Waals surface area (Å²) in [5.41, 5.74) is 0.814. The summed E-state index contributed by atoms with van der Waals surface area (Å²) in [5.74, 6) is 1.07.